The lowest BCUT2D eigenvalue weighted by atomic mass is 9.85. The summed E-state index contributed by atoms with van der Waals surface area (Å²) in [6.07, 6.45) is 0. The van der Waals surface area contributed by atoms with E-state index in [1.165, 1.54) is 23.1 Å². The molecule has 3 aromatic carbocycles. The van der Waals surface area contributed by atoms with Gasteiger partial charge in [0.2, 0.25) is 0 Å². The predicted molar refractivity (Wildman–Crippen MR) is 139 cm³/mol. The number of aliphatic hydroxyl groups excluding tert-OH is 1. The highest BCUT2D eigenvalue weighted by atomic mass is 35.5. The minimum absolute atomic E-state index is 0.0406. The molecule has 0 spiro atoms. The van der Waals surface area contributed by atoms with Crippen molar-refractivity contribution in [3.05, 3.63) is 99.1 Å². The molecule has 5 nitrogen and oxygen atoms in total. The van der Waals surface area contributed by atoms with Crippen LogP contribution >= 0.6 is 11.6 Å². The highest BCUT2D eigenvalue weighted by Gasteiger charge is 2.47. The lowest BCUT2D eigenvalue weighted by molar-refractivity contribution is -0.132. The molecule has 2 N–H and O–H groups in total. The summed E-state index contributed by atoms with van der Waals surface area (Å²) in [5.41, 5.74) is 4.11. The van der Waals surface area contributed by atoms with Gasteiger partial charge in [0.25, 0.3) is 11.7 Å². The van der Waals surface area contributed by atoms with Crippen LogP contribution < -0.4 is 4.90 Å². The number of rotatable bonds is 3. The number of aryl methyl sites for hydroxylation is 2. The maximum Gasteiger partial charge on any atom is 0.300 e. The summed E-state index contributed by atoms with van der Waals surface area (Å²) in [7, 11) is 0. The molecule has 35 heavy (non-hydrogen) atoms. The van der Waals surface area contributed by atoms with Gasteiger partial charge in [-0.3, -0.25) is 14.5 Å². The largest absolute Gasteiger partial charge is 0.507 e. The molecule has 0 saturated carbocycles. The van der Waals surface area contributed by atoms with Crippen molar-refractivity contribution < 1.29 is 19.8 Å². The number of Topliss-reactive ketones (excluding diaryl/α,β-unsaturated/α-hetero) is 1. The first kappa shape index (κ1) is 24.6. The highest BCUT2D eigenvalue weighted by Crippen LogP contribution is 2.45. The van der Waals surface area contributed by atoms with Gasteiger partial charge in [0.1, 0.15) is 11.5 Å². The molecule has 0 radical (unpaired) electrons. The van der Waals surface area contributed by atoms with Crippen LogP contribution in [0.25, 0.3) is 5.76 Å². The van der Waals surface area contributed by atoms with E-state index >= 15 is 0 Å². The van der Waals surface area contributed by atoms with E-state index in [4.69, 9.17) is 11.6 Å². The standard InChI is InChI=1S/C29H28ClNO4/c1-16-6-7-19(14-17(16)2)26(33)24-25(18-8-10-20(11-9-18)29(3,4)5)31(28(35)27(24)34)22-15-21(30)12-13-23(22)32/h6-15,25,32-33H,1-5H3/b26-24+. The van der Waals surface area contributed by atoms with Crippen molar-refractivity contribution in [1.82, 2.24) is 0 Å². The van der Waals surface area contributed by atoms with Gasteiger partial charge in [-0.05, 0) is 65.8 Å². The minimum atomic E-state index is -0.949. The zero-order valence-electron chi connectivity index (χ0n) is 20.4. The van der Waals surface area contributed by atoms with Gasteiger partial charge in [-0.25, -0.2) is 0 Å². The normalized spacial score (nSPS) is 17.8. The Kier molecular flexibility index (Phi) is 6.24. The van der Waals surface area contributed by atoms with Crippen LogP contribution in [0.4, 0.5) is 5.69 Å². The van der Waals surface area contributed by atoms with Crippen LogP contribution in [0.5, 0.6) is 5.75 Å². The number of phenolic OH excluding ortho intramolecular Hbond substituents is 1. The second kappa shape index (κ2) is 8.90. The SMILES string of the molecule is Cc1ccc(/C(O)=C2\C(=O)C(=O)N(c3cc(Cl)ccc3O)C2c2ccc(C(C)(C)C)cc2)cc1C. The third-order valence-electron chi connectivity index (χ3n) is 6.51. The number of aliphatic hydroxyl groups is 1. The minimum Gasteiger partial charge on any atom is -0.507 e. The maximum atomic E-state index is 13.3. The molecule has 0 bridgehead atoms. The zero-order valence-corrected chi connectivity index (χ0v) is 21.1. The molecule has 0 aliphatic carbocycles. The number of carbonyl (C=O) groups excluding carboxylic acids is 2. The van der Waals surface area contributed by atoms with Gasteiger partial charge in [-0.2, -0.15) is 0 Å². The Morgan fingerprint density at radius 3 is 2.17 bits per heavy atom. The molecule has 1 fully saturated rings. The summed E-state index contributed by atoms with van der Waals surface area (Å²) >= 11 is 6.18. The average Bonchev–Trinajstić information content (AvgIpc) is 3.06. The quantitative estimate of drug-likeness (QED) is 0.247. The van der Waals surface area contributed by atoms with E-state index in [2.05, 4.69) is 20.8 Å². The molecule has 180 valence electrons. The molecule has 1 atom stereocenters. The number of benzene rings is 3. The molecule has 1 amide bonds. The predicted octanol–water partition coefficient (Wildman–Crippen LogP) is 6.59. The van der Waals surface area contributed by atoms with Crippen molar-refractivity contribution in [1.29, 1.82) is 0 Å². The number of anilines is 1. The molecule has 1 aliphatic rings. The van der Waals surface area contributed by atoms with E-state index in [1.807, 2.05) is 44.2 Å². The van der Waals surface area contributed by atoms with Gasteiger partial charge in [-0.15, -0.1) is 0 Å². The molecule has 6 heteroatoms. The summed E-state index contributed by atoms with van der Waals surface area (Å²) < 4.78 is 0. The number of ketones is 1. The van der Waals surface area contributed by atoms with Gasteiger partial charge < -0.3 is 10.2 Å². The van der Waals surface area contributed by atoms with Crippen molar-refractivity contribution in [2.75, 3.05) is 4.90 Å². The number of nitrogens with zero attached hydrogens (tertiary/aromatic N) is 1. The van der Waals surface area contributed by atoms with E-state index in [9.17, 15) is 19.8 Å². The Balaban J connectivity index is 1.97. The molecular formula is C29H28ClNO4. The van der Waals surface area contributed by atoms with E-state index in [0.29, 0.717) is 16.1 Å². The van der Waals surface area contributed by atoms with E-state index in [1.54, 1.807) is 12.1 Å². The number of halogens is 1. The molecule has 1 unspecified atom stereocenters. The molecular weight excluding hydrogens is 462 g/mol. The van der Waals surface area contributed by atoms with Gasteiger partial charge in [0, 0.05) is 10.6 Å². The lowest BCUT2D eigenvalue weighted by Gasteiger charge is -2.27. The van der Waals surface area contributed by atoms with Crippen LogP contribution in [0.3, 0.4) is 0 Å². The van der Waals surface area contributed by atoms with Crippen LogP contribution in [0.2, 0.25) is 5.02 Å². The first-order chi connectivity index (χ1) is 16.4. The number of hydrogen-bond acceptors (Lipinski definition) is 4. The summed E-state index contributed by atoms with van der Waals surface area (Å²) in [4.78, 5) is 27.9. The monoisotopic (exact) mass is 489 g/mol. The maximum absolute atomic E-state index is 13.3. The van der Waals surface area contributed by atoms with Gasteiger partial charge in [-0.1, -0.05) is 68.8 Å². The highest BCUT2D eigenvalue weighted by molar-refractivity contribution is 6.52. The van der Waals surface area contributed by atoms with Crippen molar-refractivity contribution in [3.8, 4) is 5.75 Å². The summed E-state index contributed by atoms with van der Waals surface area (Å²) in [5.74, 6) is -2.14. The second-order valence-corrected chi connectivity index (χ2v) is 10.4. The Hall–Kier alpha value is -3.57. The molecule has 1 saturated heterocycles. The number of hydrogen-bond donors (Lipinski definition) is 2. The summed E-state index contributed by atoms with van der Waals surface area (Å²) in [5, 5.41) is 22.2. The first-order valence-electron chi connectivity index (χ1n) is 11.4. The first-order valence-corrected chi connectivity index (χ1v) is 11.8. The summed E-state index contributed by atoms with van der Waals surface area (Å²) in [6, 6.07) is 16.3. The molecule has 0 aromatic heterocycles. The topological polar surface area (TPSA) is 77.8 Å². The smallest absolute Gasteiger partial charge is 0.300 e. The molecule has 1 heterocycles. The van der Waals surface area contributed by atoms with Crippen LogP contribution in [-0.4, -0.2) is 21.9 Å². The van der Waals surface area contributed by atoms with Gasteiger partial charge in [0.05, 0.1) is 17.3 Å². The molecule has 4 rings (SSSR count). The van der Waals surface area contributed by atoms with Gasteiger partial charge in [0.15, 0.2) is 0 Å². The summed E-state index contributed by atoms with van der Waals surface area (Å²) in [6.45, 7) is 10.2. The van der Waals surface area contributed by atoms with Crippen molar-refractivity contribution >= 4 is 34.7 Å². The van der Waals surface area contributed by atoms with Crippen molar-refractivity contribution in [2.45, 2.75) is 46.1 Å². The second-order valence-electron chi connectivity index (χ2n) is 9.97. The number of carbonyl (C=O) groups is 2. The third-order valence-corrected chi connectivity index (χ3v) is 6.75. The fourth-order valence-corrected chi connectivity index (χ4v) is 4.46. The fourth-order valence-electron chi connectivity index (χ4n) is 4.30. The Labute approximate surface area is 210 Å². The fraction of sp³-hybridized carbons (Fsp3) is 0.241. The zero-order chi connectivity index (χ0) is 25.7. The Bertz CT molecular complexity index is 1370. The van der Waals surface area contributed by atoms with E-state index in [-0.39, 0.29) is 28.2 Å². The van der Waals surface area contributed by atoms with E-state index < -0.39 is 17.7 Å². The Morgan fingerprint density at radius 1 is 0.914 bits per heavy atom. The lowest BCUT2D eigenvalue weighted by Crippen LogP contribution is -2.29. The number of amides is 1. The van der Waals surface area contributed by atoms with Crippen molar-refractivity contribution in [2.24, 2.45) is 0 Å². The van der Waals surface area contributed by atoms with Crippen LogP contribution in [0.1, 0.15) is 54.6 Å². The van der Waals surface area contributed by atoms with E-state index in [0.717, 1.165) is 16.7 Å². The molecule has 3 aromatic rings. The van der Waals surface area contributed by atoms with Crippen LogP contribution in [-0.2, 0) is 15.0 Å². The molecule has 1 aliphatic heterocycles. The van der Waals surface area contributed by atoms with Crippen LogP contribution in [0.15, 0.2) is 66.2 Å². The number of aromatic hydroxyl groups is 1. The number of phenols is 1. The van der Waals surface area contributed by atoms with Crippen LogP contribution in [0, 0.1) is 13.8 Å². The average molecular weight is 490 g/mol. The third kappa shape index (κ3) is 4.44. The van der Waals surface area contributed by atoms with Crippen molar-refractivity contribution in [3.63, 3.8) is 0 Å². The van der Waals surface area contributed by atoms with Gasteiger partial charge >= 0.3 is 0 Å². The Morgan fingerprint density at radius 2 is 1.57 bits per heavy atom.